The van der Waals surface area contributed by atoms with Gasteiger partial charge in [0.15, 0.2) is 0 Å². The Labute approximate surface area is 129 Å². The SMILES string of the molecule is C[C@H]1CN(C(=O)NCc2ccccc2-n2ccnc2)CCO1. The van der Waals surface area contributed by atoms with Gasteiger partial charge in [0, 0.05) is 32.0 Å². The lowest BCUT2D eigenvalue weighted by Gasteiger charge is -2.31. The van der Waals surface area contributed by atoms with Crippen molar-refractivity contribution in [2.75, 3.05) is 19.7 Å². The Balaban J connectivity index is 1.65. The summed E-state index contributed by atoms with van der Waals surface area (Å²) < 4.78 is 7.40. The Bertz CT molecular complexity index is 627. The van der Waals surface area contributed by atoms with Crippen molar-refractivity contribution < 1.29 is 9.53 Å². The number of rotatable bonds is 3. The van der Waals surface area contributed by atoms with Crippen LogP contribution in [0.5, 0.6) is 0 Å². The molecule has 1 aromatic carbocycles. The van der Waals surface area contributed by atoms with Crippen molar-refractivity contribution in [2.45, 2.75) is 19.6 Å². The molecule has 0 radical (unpaired) electrons. The predicted octanol–water partition coefficient (Wildman–Crippen LogP) is 1.80. The zero-order valence-electron chi connectivity index (χ0n) is 12.6. The summed E-state index contributed by atoms with van der Waals surface area (Å²) in [4.78, 5) is 18.1. The third-order valence-corrected chi connectivity index (χ3v) is 3.73. The number of carbonyl (C=O) groups is 1. The third-order valence-electron chi connectivity index (χ3n) is 3.73. The van der Waals surface area contributed by atoms with Crippen molar-refractivity contribution >= 4 is 6.03 Å². The summed E-state index contributed by atoms with van der Waals surface area (Å²) >= 11 is 0. The topological polar surface area (TPSA) is 59.4 Å². The number of benzene rings is 1. The van der Waals surface area contributed by atoms with Gasteiger partial charge < -0.3 is 19.5 Å². The van der Waals surface area contributed by atoms with Crippen LogP contribution in [0.1, 0.15) is 12.5 Å². The van der Waals surface area contributed by atoms with Gasteiger partial charge in [-0.2, -0.15) is 0 Å². The van der Waals surface area contributed by atoms with Crippen LogP contribution in [0.2, 0.25) is 0 Å². The monoisotopic (exact) mass is 300 g/mol. The highest BCUT2D eigenvalue weighted by Crippen LogP contribution is 2.14. The van der Waals surface area contributed by atoms with Crippen molar-refractivity contribution in [3.8, 4) is 5.69 Å². The van der Waals surface area contributed by atoms with E-state index in [9.17, 15) is 4.79 Å². The van der Waals surface area contributed by atoms with E-state index in [4.69, 9.17) is 4.74 Å². The molecular formula is C16H20N4O2. The van der Waals surface area contributed by atoms with Gasteiger partial charge in [-0.15, -0.1) is 0 Å². The molecule has 3 rings (SSSR count). The Hall–Kier alpha value is -2.34. The molecule has 116 valence electrons. The maximum absolute atomic E-state index is 12.3. The van der Waals surface area contributed by atoms with Crippen LogP contribution in [-0.2, 0) is 11.3 Å². The molecule has 2 heterocycles. The zero-order chi connectivity index (χ0) is 15.4. The molecule has 1 aliphatic rings. The number of hydrogen-bond acceptors (Lipinski definition) is 3. The molecule has 2 aromatic rings. The largest absolute Gasteiger partial charge is 0.375 e. The number of nitrogens with one attached hydrogen (secondary N) is 1. The van der Waals surface area contributed by atoms with Crippen LogP contribution in [0, 0.1) is 0 Å². The molecule has 1 aromatic heterocycles. The van der Waals surface area contributed by atoms with Gasteiger partial charge >= 0.3 is 6.03 Å². The number of hydrogen-bond donors (Lipinski definition) is 1. The summed E-state index contributed by atoms with van der Waals surface area (Å²) in [6.45, 7) is 4.33. The van der Waals surface area contributed by atoms with E-state index in [-0.39, 0.29) is 12.1 Å². The standard InChI is InChI=1S/C16H20N4O2/c1-13-11-19(8-9-22-13)16(21)18-10-14-4-2-3-5-15(14)20-7-6-17-12-20/h2-7,12-13H,8-11H2,1H3,(H,18,21)/t13-/m0/s1. The number of aromatic nitrogens is 2. The number of morpholine rings is 1. The number of urea groups is 1. The van der Waals surface area contributed by atoms with E-state index in [1.54, 1.807) is 17.4 Å². The average Bonchev–Trinajstić information content (AvgIpc) is 3.07. The van der Waals surface area contributed by atoms with Gasteiger partial charge in [-0.05, 0) is 18.6 Å². The molecule has 0 aliphatic carbocycles. The third kappa shape index (κ3) is 3.28. The fraction of sp³-hybridized carbons (Fsp3) is 0.375. The maximum atomic E-state index is 12.3. The predicted molar refractivity (Wildman–Crippen MR) is 82.8 cm³/mol. The maximum Gasteiger partial charge on any atom is 0.317 e. The molecule has 6 nitrogen and oxygen atoms in total. The second-order valence-electron chi connectivity index (χ2n) is 5.38. The quantitative estimate of drug-likeness (QED) is 0.940. The minimum absolute atomic E-state index is 0.0458. The van der Waals surface area contributed by atoms with Crippen molar-refractivity contribution in [2.24, 2.45) is 0 Å². The number of amides is 2. The first-order valence-corrected chi connectivity index (χ1v) is 7.44. The fourth-order valence-corrected chi connectivity index (χ4v) is 2.60. The minimum atomic E-state index is -0.0458. The van der Waals surface area contributed by atoms with Crippen LogP contribution in [0.15, 0.2) is 43.0 Å². The first-order valence-electron chi connectivity index (χ1n) is 7.44. The number of para-hydroxylation sites is 1. The zero-order valence-corrected chi connectivity index (χ0v) is 12.6. The second-order valence-corrected chi connectivity index (χ2v) is 5.38. The number of nitrogens with zero attached hydrogens (tertiary/aromatic N) is 3. The smallest absolute Gasteiger partial charge is 0.317 e. The fourth-order valence-electron chi connectivity index (χ4n) is 2.60. The van der Waals surface area contributed by atoms with Crippen LogP contribution < -0.4 is 5.32 Å². The number of carbonyl (C=O) groups excluding carboxylic acids is 1. The molecule has 0 saturated carbocycles. The minimum Gasteiger partial charge on any atom is -0.375 e. The van der Waals surface area contributed by atoms with Gasteiger partial charge in [-0.25, -0.2) is 9.78 Å². The summed E-state index contributed by atoms with van der Waals surface area (Å²) in [6, 6.07) is 7.93. The first-order chi connectivity index (χ1) is 10.7. The lowest BCUT2D eigenvalue weighted by atomic mass is 10.1. The Morgan fingerprint density at radius 2 is 2.32 bits per heavy atom. The molecule has 0 unspecified atom stereocenters. The van der Waals surface area contributed by atoms with E-state index >= 15 is 0 Å². The van der Waals surface area contributed by atoms with Crippen molar-refractivity contribution in [3.05, 3.63) is 48.5 Å². The second kappa shape index (κ2) is 6.62. The lowest BCUT2D eigenvalue weighted by Crippen LogP contribution is -2.48. The van der Waals surface area contributed by atoms with E-state index in [0.717, 1.165) is 11.3 Å². The summed E-state index contributed by atoms with van der Waals surface area (Å²) in [5, 5.41) is 2.99. The van der Waals surface area contributed by atoms with Crippen LogP contribution >= 0.6 is 0 Å². The Kier molecular flexibility index (Phi) is 4.39. The number of ether oxygens (including phenoxy) is 1. The highest BCUT2D eigenvalue weighted by atomic mass is 16.5. The molecular weight excluding hydrogens is 280 g/mol. The van der Waals surface area contributed by atoms with E-state index in [0.29, 0.717) is 26.2 Å². The Morgan fingerprint density at radius 3 is 3.09 bits per heavy atom. The summed E-state index contributed by atoms with van der Waals surface area (Å²) in [6.07, 6.45) is 5.48. The molecule has 0 spiro atoms. The van der Waals surface area contributed by atoms with E-state index in [1.165, 1.54) is 0 Å². The number of imidazole rings is 1. The van der Waals surface area contributed by atoms with E-state index in [1.807, 2.05) is 42.0 Å². The normalized spacial score (nSPS) is 18.2. The van der Waals surface area contributed by atoms with Crippen molar-refractivity contribution in [1.29, 1.82) is 0 Å². The van der Waals surface area contributed by atoms with Crippen LogP contribution in [-0.4, -0.2) is 46.3 Å². The molecule has 2 amide bonds. The molecule has 0 bridgehead atoms. The van der Waals surface area contributed by atoms with Crippen LogP contribution in [0.25, 0.3) is 5.69 Å². The van der Waals surface area contributed by atoms with Gasteiger partial charge in [0.05, 0.1) is 24.7 Å². The molecule has 1 aliphatic heterocycles. The van der Waals surface area contributed by atoms with Crippen LogP contribution in [0.3, 0.4) is 0 Å². The highest BCUT2D eigenvalue weighted by Gasteiger charge is 2.21. The summed E-state index contributed by atoms with van der Waals surface area (Å²) in [7, 11) is 0. The van der Waals surface area contributed by atoms with Crippen LogP contribution in [0.4, 0.5) is 4.79 Å². The average molecular weight is 300 g/mol. The van der Waals surface area contributed by atoms with Gasteiger partial charge in [0.25, 0.3) is 0 Å². The van der Waals surface area contributed by atoms with Gasteiger partial charge in [-0.1, -0.05) is 18.2 Å². The molecule has 6 heteroatoms. The van der Waals surface area contributed by atoms with E-state index in [2.05, 4.69) is 10.3 Å². The highest BCUT2D eigenvalue weighted by molar-refractivity contribution is 5.74. The van der Waals surface area contributed by atoms with Crippen molar-refractivity contribution in [1.82, 2.24) is 19.8 Å². The molecule has 1 atom stereocenters. The lowest BCUT2D eigenvalue weighted by molar-refractivity contribution is -0.00351. The molecule has 22 heavy (non-hydrogen) atoms. The Morgan fingerprint density at radius 1 is 1.45 bits per heavy atom. The van der Waals surface area contributed by atoms with E-state index < -0.39 is 0 Å². The summed E-state index contributed by atoms with van der Waals surface area (Å²) in [5.41, 5.74) is 2.07. The van der Waals surface area contributed by atoms with Gasteiger partial charge in [-0.3, -0.25) is 0 Å². The van der Waals surface area contributed by atoms with Gasteiger partial charge in [0.2, 0.25) is 0 Å². The van der Waals surface area contributed by atoms with Gasteiger partial charge in [0.1, 0.15) is 0 Å². The molecule has 1 fully saturated rings. The van der Waals surface area contributed by atoms with Crippen molar-refractivity contribution in [3.63, 3.8) is 0 Å². The first kappa shape index (κ1) is 14.6. The molecule has 1 saturated heterocycles. The molecule has 1 N–H and O–H groups in total. The summed E-state index contributed by atoms with van der Waals surface area (Å²) in [5.74, 6) is 0.